The van der Waals surface area contributed by atoms with E-state index in [-0.39, 0.29) is 6.04 Å². The number of thiophene rings is 1. The van der Waals surface area contributed by atoms with Crippen LogP contribution >= 0.6 is 43.2 Å². The van der Waals surface area contributed by atoms with Crippen LogP contribution in [0.15, 0.2) is 37.1 Å². The van der Waals surface area contributed by atoms with Crippen LogP contribution in [-0.4, -0.2) is 7.05 Å². The average molecular weight is 351 g/mol. The van der Waals surface area contributed by atoms with Crippen molar-refractivity contribution in [3.63, 3.8) is 0 Å². The highest BCUT2D eigenvalue weighted by Crippen LogP contribution is 2.33. The fraction of sp³-hybridized carbons (Fsp3) is 0.200. The monoisotopic (exact) mass is 349 g/mol. The lowest BCUT2D eigenvalue weighted by Gasteiger charge is -2.11. The largest absolute Gasteiger partial charge is 0.466 e. The van der Waals surface area contributed by atoms with E-state index < -0.39 is 0 Å². The molecule has 2 rings (SSSR count). The minimum atomic E-state index is 0.102. The molecule has 80 valence electrons. The van der Waals surface area contributed by atoms with Gasteiger partial charge in [0.05, 0.1) is 10.7 Å². The van der Waals surface area contributed by atoms with Gasteiger partial charge in [-0.25, -0.2) is 0 Å². The van der Waals surface area contributed by atoms with E-state index in [1.807, 2.05) is 13.1 Å². The van der Waals surface area contributed by atoms with Crippen LogP contribution in [0.1, 0.15) is 16.7 Å². The number of rotatable bonds is 3. The highest BCUT2D eigenvalue weighted by molar-refractivity contribution is 9.10. The molecular weight excluding hydrogens is 342 g/mol. The first-order chi connectivity index (χ1) is 7.22. The molecule has 2 nitrogen and oxygen atoms in total. The Labute approximate surface area is 109 Å². The zero-order valence-electron chi connectivity index (χ0n) is 7.96. The fourth-order valence-electron chi connectivity index (χ4n) is 1.39. The lowest BCUT2D eigenvalue weighted by Crippen LogP contribution is -2.16. The number of hydrogen-bond donors (Lipinski definition) is 1. The van der Waals surface area contributed by atoms with Crippen molar-refractivity contribution in [1.82, 2.24) is 5.32 Å². The molecule has 0 saturated carbocycles. The third-order valence-corrected chi connectivity index (χ3v) is 4.48. The summed E-state index contributed by atoms with van der Waals surface area (Å²) < 4.78 is 7.56. The first kappa shape index (κ1) is 11.4. The minimum absolute atomic E-state index is 0.102. The molecule has 0 aliphatic carbocycles. The van der Waals surface area contributed by atoms with Gasteiger partial charge in [-0.2, -0.15) is 0 Å². The Kier molecular flexibility index (Phi) is 3.66. The maximum absolute atomic E-state index is 5.46. The third-order valence-electron chi connectivity index (χ3n) is 2.07. The van der Waals surface area contributed by atoms with Gasteiger partial charge in [-0.3, -0.25) is 0 Å². The van der Waals surface area contributed by atoms with E-state index in [9.17, 15) is 0 Å². The number of nitrogens with one attached hydrogen (secondary N) is 1. The van der Waals surface area contributed by atoms with Gasteiger partial charge in [0, 0.05) is 14.7 Å². The van der Waals surface area contributed by atoms with Gasteiger partial charge in [0.15, 0.2) is 0 Å². The molecular formula is C10H9Br2NOS. The molecule has 1 unspecified atom stereocenters. The number of halogens is 2. The first-order valence-electron chi connectivity index (χ1n) is 4.36. The van der Waals surface area contributed by atoms with E-state index in [1.54, 1.807) is 17.6 Å². The summed E-state index contributed by atoms with van der Waals surface area (Å²) in [5.41, 5.74) is 0. The molecule has 15 heavy (non-hydrogen) atoms. The zero-order valence-corrected chi connectivity index (χ0v) is 11.9. The average Bonchev–Trinajstić information content (AvgIpc) is 2.79. The maximum Gasteiger partial charge on any atom is 0.140 e. The van der Waals surface area contributed by atoms with Gasteiger partial charge in [-0.15, -0.1) is 11.3 Å². The zero-order chi connectivity index (χ0) is 10.8. The maximum atomic E-state index is 5.46. The lowest BCUT2D eigenvalue weighted by atomic mass is 10.2. The van der Waals surface area contributed by atoms with E-state index in [2.05, 4.69) is 48.6 Å². The van der Waals surface area contributed by atoms with Crippen molar-refractivity contribution >= 4 is 43.2 Å². The molecule has 0 aliphatic rings. The highest BCUT2D eigenvalue weighted by Gasteiger charge is 2.19. The Bertz CT molecular complexity index is 452. The van der Waals surface area contributed by atoms with Crippen molar-refractivity contribution in [1.29, 1.82) is 0 Å². The second kappa shape index (κ2) is 4.82. The van der Waals surface area contributed by atoms with E-state index in [0.717, 1.165) is 14.7 Å². The van der Waals surface area contributed by atoms with Gasteiger partial charge >= 0.3 is 0 Å². The SMILES string of the molecule is CNC(c1cc(Br)cs1)c1occc1Br. The normalized spacial score (nSPS) is 13.0. The van der Waals surface area contributed by atoms with Crippen LogP contribution in [0, 0.1) is 0 Å². The van der Waals surface area contributed by atoms with Crippen LogP contribution in [-0.2, 0) is 0 Å². The quantitative estimate of drug-likeness (QED) is 0.898. The molecule has 0 aliphatic heterocycles. The van der Waals surface area contributed by atoms with Crippen LogP contribution in [0.2, 0.25) is 0 Å². The standard InChI is InChI=1S/C10H9Br2NOS/c1-13-9(8-4-6(11)5-15-8)10-7(12)2-3-14-10/h2-5,9,13H,1H3. The van der Waals surface area contributed by atoms with Gasteiger partial charge in [0.2, 0.25) is 0 Å². The Morgan fingerprint density at radius 3 is 2.73 bits per heavy atom. The molecule has 2 heterocycles. The van der Waals surface area contributed by atoms with Gasteiger partial charge in [0.25, 0.3) is 0 Å². The predicted molar refractivity (Wildman–Crippen MR) is 69.3 cm³/mol. The van der Waals surface area contributed by atoms with Crippen molar-refractivity contribution in [3.05, 3.63) is 43.4 Å². The Morgan fingerprint density at radius 1 is 1.47 bits per heavy atom. The molecule has 5 heteroatoms. The molecule has 1 atom stereocenters. The minimum Gasteiger partial charge on any atom is -0.466 e. The van der Waals surface area contributed by atoms with Gasteiger partial charge in [-0.05, 0) is 51.0 Å². The van der Waals surface area contributed by atoms with E-state index in [1.165, 1.54) is 4.88 Å². The van der Waals surface area contributed by atoms with E-state index in [4.69, 9.17) is 4.42 Å². The smallest absolute Gasteiger partial charge is 0.140 e. The second-order valence-corrected chi connectivity index (χ2v) is 5.73. The van der Waals surface area contributed by atoms with Crippen molar-refractivity contribution in [2.75, 3.05) is 7.05 Å². The molecule has 0 bridgehead atoms. The van der Waals surface area contributed by atoms with Crippen molar-refractivity contribution in [2.24, 2.45) is 0 Å². The van der Waals surface area contributed by atoms with Gasteiger partial charge < -0.3 is 9.73 Å². The van der Waals surface area contributed by atoms with Crippen LogP contribution in [0.5, 0.6) is 0 Å². The molecule has 2 aromatic rings. The molecule has 0 aromatic carbocycles. The predicted octanol–water partition coefficient (Wildman–Crippen LogP) is 4.17. The summed E-state index contributed by atoms with van der Waals surface area (Å²) in [6.07, 6.45) is 1.69. The molecule has 0 fully saturated rings. The van der Waals surface area contributed by atoms with Crippen LogP contribution in [0.4, 0.5) is 0 Å². The summed E-state index contributed by atoms with van der Waals surface area (Å²) in [5.74, 6) is 0.909. The van der Waals surface area contributed by atoms with E-state index >= 15 is 0 Å². The summed E-state index contributed by atoms with van der Waals surface area (Å²) >= 11 is 8.62. The van der Waals surface area contributed by atoms with Crippen molar-refractivity contribution in [2.45, 2.75) is 6.04 Å². The molecule has 1 N–H and O–H groups in total. The van der Waals surface area contributed by atoms with Gasteiger partial charge in [0.1, 0.15) is 11.8 Å². The number of furan rings is 1. The molecule has 0 saturated heterocycles. The Hall–Kier alpha value is -0.100. The highest BCUT2D eigenvalue weighted by atomic mass is 79.9. The summed E-state index contributed by atoms with van der Waals surface area (Å²) in [6, 6.07) is 4.11. The van der Waals surface area contributed by atoms with Crippen molar-refractivity contribution in [3.8, 4) is 0 Å². The number of hydrogen-bond acceptors (Lipinski definition) is 3. The second-order valence-electron chi connectivity index (χ2n) is 3.02. The third kappa shape index (κ3) is 2.36. The summed E-state index contributed by atoms with van der Waals surface area (Å²) in [5, 5.41) is 5.31. The van der Waals surface area contributed by atoms with Crippen LogP contribution < -0.4 is 5.32 Å². The Balaban J connectivity index is 2.36. The fourth-order valence-corrected chi connectivity index (χ4v) is 3.38. The molecule has 0 amide bonds. The van der Waals surface area contributed by atoms with Gasteiger partial charge in [-0.1, -0.05) is 0 Å². The summed E-state index contributed by atoms with van der Waals surface area (Å²) in [4.78, 5) is 1.22. The Morgan fingerprint density at radius 2 is 2.27 bits per heavy atom. The summed E-state index contributed by atoms with van der Waals surface area (Å²) in [7, 11) is 1.92. The molecule has 0 radical (unpaired) electrons. The van der Waals surface area contributed by atoms with Crippen LogP contribution in [0.3, 0.4) is 0 Å². The molecule has 0 spiro atoms. The first-order valence-corrected chi connectivity index (χ1v) is 6.83. The summed E-state index contributed by atoms with van der Waals surface area (Å²) in [6.45, 7) is 0. The lowest BCUT2D eigenvalue weighted by molar-refractivity contribution is 0.464. The van der Waals surface area contributed by atoms with Crippen molar-refractivity contribution < 1.29 is 4.42 Å². The van der Waals surface area contributed by atoms with Crippen LogP contribution in [0.25, 0.3) is 0 Å². The topological polar surface area (TPSA) is 25.2 Å². The molecule has 2 aromatic heterocycles. The van der Waals surface area contributed by atoms with E-state index in [0.29, 0.717) is 0 Å².